The predicted octanol–water partition coefficient (Wildman–Crippen LogP) is 4.09. The van der Waals surface area contributed by atoms with Gasteiger partial charge in [-0.1, -0.05) is 19.1 Å². The summed E-state index contributed by atoms with van der Waals surface area (Å²) in [4.78, 5) is 12.6. The van der Waals surface area contributed by atoms with Gasteiger partial charge in [0, 0.05) is 18.1 Å². The SMILES string of the molecule is CCc1ccc(OC)c(CCC(=O)c2cc(OC)cc(OC)c2)c1. The molecule has 0 heterocycles. The van der Waals surface area contributed by atoms with Crippen LogP contribution in [0.5, 0.6) is 17.2 Å². The highest BCUT2D eigenvalue weighted by Crippen LogP contribution is 2.25. The molecule has 2 aromatic carbocycles. The molecule has 0 bridgehead atoms. The smallest absolute Gasteiger partial charge is 0.163 e. The van der Waals surface area contributed by atoms with Crippen molar-refractivity contribution in [2.45, 2.75) is 26.2 Å². The van der Waals surface area contributed by atoms with Gasteiger partial charge in [-0.2, -0.15) is 0 Å². The van der Waals surface area contributed by atoms with Crippen molar-refractivity contribution in [3.05, 3.63) is 53.1 Å². The van der Waals surface area contributed by atoms with E-state index in [9.17, 15) is 4.79 Å². The first-order chi connectivity index (χ1) is 11.6. The zero-order valence-corrected chi connectivity index (χ0v) is 14.7. The van der Waals surface area contributed by atoms with E-state index >= 15 is 0 Å². The molecule has 0 aliphatic rings. The first-order valence-electron chi connectivity index (χ1n) is 8.03. The van der Waals surface area contributed by atoms with E-state index in [1.165, 1.54) is 5.56 Å². The number of Topliss-reactive ketones (excluding diaryl/α,β-unsaturated/α-hetero) is 1. The Bertz CT molecular complexity index is 685. The second-order valence-corrected chi connectivity index (χ2v) is 5.52. The van der Waals surface area contributed by atoms with Crippen LogP contribution < -0.4 is 14.2 Å². The summed E-state index contributed by atoms with van der Waals surface area (Å²) in [5.74, 6) is 2.10. The summed E-state index contributed by atoms with van der Waals surface area (Å²) in [5.41, 5.74) is 2.89. The van der Waals surface area contributed by atoms with Crippen LogP contribution in [0.25, 0.3) is 0 Å². The lowest BCUT2D eigenvalue weighted by Gasteiger charge is -2.11. The summed E-state index contributed by atoms with van der Waals surface area (Å²) >= 11 is 0. The highest BCUT2D eigenvalue weighted by molar-refractivity contribution is 5.97. The van der Waals surface area contributed by atoms with Crippen LogP contribution in [0.15, 0.2) is 36.4 Å². The summed E-state index contributed by atoms with van der Waals surface area (Å²) < 4.78 is 15.9. The number of carbonyl (C=O) groups is 1. The Kier molecular flexibility index (Phi) is 6.24. The molecule has 2 rings (SSSR count). The first-order valence-corrected chi connectivity index (χ1v) is 8.03. The molecule has 0 N–H and O–H groups in total. The molecule has 0 saturated carbocycles. The molecule has 2 aromatic rings. The summed E-state index contributed by atoms with van der Waals surface area (Å²) in [7, 11) is 4.80. The van der Waals surface area contributed by atoms with Crippen molar-refractivity contribution in [3.63, 3.8) is 0 Å². The van der Waals surface area contributed by atoms with Gasteiger partial charge in [0.2, 0.25) is 0 Å². The normalized spacial score (nSPS) is 10.3. The zero-order chi connectivity index (χ0) is 17.5. The van der Waals surface area contributed by atoms with Gasteiger partial charge in [0.05, 0.1) is 21.3 Å². The average molecular weight is 328 g/mol. The third kappa shape index (κ3) is 4.28. The van der Waals surface area contributed by atoms with Crippen LogP contribution in [0.4, 0.5) is 0 Å². The zero-order valence-electron chi connectivity index (χ0n) is 14.7. The van der Waals surface area contributed by atoms with Gasteiger partial charge in [-0.05, 0) is 42.2 Å². The van der Waals surface area contributed by atoms with E-state index in [-0.39, 0.29) is 5.78 Å². The average Bonchev–Trinajstić information content (AvgIpc) is 2.65. The number of aryl methyl sites for hydroxylation is 2. The predicted molar refractivity (Wildman–Crippen MR) is 94.6 cm³/mol. The molecule has 0 radical (unpaired) electrons. The maximum atomic E-state index is 12.6. The van der Waals surface area contributed by atoms with Crippen molar-refractivity contribution < 1.29 is 19.0 Å². The minimum absolute atomic E-state index is 0.0520. The third-order valence-corrected chi connectivity index (χ3v) is 4.05. The number of methoxy groups -OCH3 is 3. The minimum Gasteiger partial charge on any atom is -0.497 e. The molecule has 0 unspecified atom stereocenters. The van der Waals surface area contributed by atoms with E-state index in [2.05, 4.69) is 19.1 Å². The van der Waals surface area contributed by atoms with E-state index in [0.717, 1.165) is 17.7 Å². The van der Waals surface area contributed by atoms with Gasteiger partial charge >= 0.3 is 0 Å². The summed E-state index contributed by atoms with van der Waals surface area (Å²) in [6.07, 6.45) is 1.99. The Morgan fingerprint density at radius 2 is 1.58 bits per heavy atom. The monoisotopic (exact) mass is 328 g/mol. The fourth-order valence-electron chi connectivity index (χ4n) is 2.61. The molecule has 0 spiro atoms. The van der Waals surface area contributed by atoms with Gasteiger partial charge in [0.1, 0.15) is 17.2 Å². The fourth-order valence-corrected chi connectivity index (χ4v) is 2.61. The van der Waals surface area contributed by atoms with Crippen LogP contribution in [0, 0.1) is 0 Å². The second kappa shape index (κ2) is 8.39. The van der Waals surface area contributed by atoms with Crippen molar-refractivity contribution in [1.82, 2.24) is 0 Å². The van der Waals surface area contributed by atoms with Crippen molar-refractivity contribution in [3.8, 4) is 17.2 Å². The minimum atomic E-state index is 0.0520. The molecule has 0 aromatic heterocycles. The summed E-state index contributed by atoms with van der Waals surface area (Å²) in [6, 6.07) is 11.4. The maximum absolute atomic E-state index is 12.6. The molecule has 0 atom stereocenters. The molecule has 4 heteroatoms. The van der Waals surface area contributed by atoms with Crippen LogP contribution >= 0.6 is 0 Å². The van der Waals surface area contributed by atoms with Crippen molar-refractivity contribution >= 4 is 5.78 Å². The van der Waals surface area contributed by atoms with E-state index in [1.807, 2.05) is 6.07 Å². The number of rotatable bonds is 8. The van der Waals surface area contributed by atoms with Crippen LogP contribution in [0.3, 0.4) is 0 Å². The lowest BCUT2D eigenvalue weighted by atomic mass is 9.99. The molecular weight excluding hydrogens is 304 g/mol. The topological polar surface area (TPSA) is 44.8 Å². The lowest BCUT2D eigenvalue weighted by Crippen LogP contribution is -2.04. The van der Waals surface area contributed by atoms with E-state index in [4.69, 9.17) is 14.2 Å². The number of ether oxygens (including phenoxy) is 3. The number of hydrogen-bond donors (Lipinski definition) is 0. The Morgan fingerprint density at radius 3 is 2.12 bits per heavy atom. The molecule has 0 aliphatic heterocycles. The van der Waals surface area contributed by atoms with Gasteiger partial charge in [0.15, 0.2) is 5.78 Å². The quantitative estimate of drug-likeness (QED) is 0.685. The van der Waals surface area contributed by atoms with E-state index in [1.54, 1.807) is 39.5 Å². The van der Waals surface area contributed by atoms with Crippen molar-refractivity contribution in [2.24, 2.45) is 0 Å². The van der Waals surface area contributed by atoms with Crippen LogP contribution in [-0.4, -0.2) is 27.1 Å². The van der Waals surface area contributed by atoms with E-state index in [0.29, 0.717) is 29.9 Å². The lowest BCUT2D eigenvalue weighted by molar-refractivity contribution is 0.0982. The summed E-state index contributed by atoms with van der Waals surface area (Å²) in [5, 5.41) is 0. The Balaban J connectivity index is 2.16. The number of ketones is 1. The highest BCUT2D eigenvalue weighted by Gasteiger charge is 2.12. The number of carbonyl (C=O) groups excluding carboxylic acids is 1. The van der Waals surface area contributed by atoms with E-state index < -0.39 is 0 Å². The molecule has 0 saturated heterocycles. The third-order valence-electron chi connectivity index (χ3n) is 4.05. The molecule has 0 fully saturated rings. The van der Waals surface area contributed by atoms with Gasteiger partial charge < -0.3 is 14.2 Å². The van der Waals surface area contributed by atoms with Crippen LogP contribution in [0.2, 0.25) is 0 Å². The summed E-state index contributed by atoms with van der Waals surface area (Å²) in [6.45, 7) is 2.11. The standard InChI is InChI=1S/C20H24O4/c1-5-14-6-9-20(24-4)15(10-14)7-8-19(21)16-11-17(22-2)13-18(12-16)23-3/h6,9-13H,5,7-8H2,1-4H3. The second-order valence-electron chi connectivity index (χ2n) is 5.52. The molecule has 0 amide bonds. The van der Waals surface area contributed by atoms with Crippen LogP contribution in [0.1, 0.15) is 34.8 Å². The Labute approximate surface area is 143 Å². The van der Waals surface area contributed by atoms with Crippen LogP contribution in [-0.2, 0) is 12.8 Å². The Hall–Kier alpha value is -2.49. The molecular formula is C20H24O4. The van der Waals surface area contributed by atoms with Crippen molar-refractivity contribution in [1.29, 1.82) is 0 Å². The largest absolute Gasteiger partial charge is 0.497 e. The highest BCUT2D eigenvalue weighted by atomic mass is 16.5. The fraction of sp³-hybridized carbons (Fsp3) is 0.350. The molecule has 128 valence electrons. The van der Waals surface area contributed by atoms with Gasteiger partial charge in [0.25, 0.3) is 0 Å². The molecule has 0 aliphatic carbocycles. The number of benzene rings is 2. The molecule has 24 heavy (non-hydrogen) atoms. The number of hydrogen-bond acceptors (Lipinski definition) is 4. The van der Waals surface area contributed by atoms with Gasteiger partial charge in [-0.25, -0.2) is 0 Å². The van der Waals surface area contributed by atoms with Gasteiger partial charge in [-0.15, -0.1) is 0 Å². The molecule has 4 nitrogen and oxygen atoms in total. The maximum Gasteiger partial charge on any atom is 0.163 e. The first kappa shape index (κ1) is 17.9. The Morgan fingerprint density at radius 1 is 0.917 bits per heavy atom. The van der Waals surface area contributed by atoms with Crippen molar-refractivity contribution in [2.75, 3.05) is 21.3 Å². The van der Waals surface area contributed by atoms with Gasteiger partial charge in [-0.3, -0.25) is 4.79 Å².